The summed E-state index contributed by atoms with van der Waals surface area (Å²) in [6.45, 7) is 0. The van der Waals surface area contributed by atoms with Crippen LogP contribution < -0.4 is 15.8 Å². The number of amides is 1. The van der Waals surface area contributed by atoms with Crippen LogP contribution in [0.25, 0.3) is 22.4 Å². The van der Waals surface area contributed by atoms with Crippen LogP contribution in [0.1, 0.15) is 6.42 Å². The largest absolute Gasteiger partial charge is 0.495 e. The Bertz CT molecular complexity index is 930. The molecule has 1 unspecified atom stereocenters. The van der Waals surface area contributed by atoms with Gasteiger partial charge in [-0.1, -0.05) is 12.1 Å². The number of ether oxygens (including phenoxy) is 1. The molecule has 0 aliphatic carbocycles. The third-order valence-corrected chi connectivity index (χ3v) is 5.83. The average molecular weight is 368 g/mol. The lowest BCUT2D eigenvalue weighted by Gasteiger charge is -2.22. The van der Waals surface area contributed by atoms with Gasteiger partial charge in [-0.25, -0.2) is 4.98 Å². The number of fused-ring (bicyclic) bond motifs is 1. The number of hydrogen-bond donors (Lipinski definition) is 3. The zero-order valence-corrected chi connectivity index (χ0v) is 15.2. The van der Waals surface area contributed by atoms with E-state index in [4.69, 9.17) is 10.5 Å². The van der Waals surface area contributed by atoms with Crippen molar-refractivity contribution in [3.05, 3.63) is 42.5 Å². The number of methoxy groups -OCH3 is 1. The molecule has 1 saturated heterocycles. The lowest BCUT2D eigenvalue weighted by Crippen LogP contribution is -2.51. The number of aromatic nitrogens is 2. The van der Waals surface area contributed by atoms with Crippen molar-refractivity contribution in [2.45, 2.75) is 12.0 Å². The van der Waals surface area contributed by atoms with Gasteiger partial charge in [0, 0.05) is 11.3 Å². The molecule has 1 amide bonds. The smallest absolute Gasteiger partial charge is 0.245 e. The highest BCUT2D eigenvalue weighted by atomic mass is 32.2. The van der Waals surface area contributed by atoms with E-state index in [9.17, 15) is 4.79 Å². The number of anilines is 1. The highest BCUT2D eigenvalue weighted by Crippen LogP contribution is 2.32. The number of para-hydroxylation sites is 2. The number of carbonyl (C=O) groups excluding carboxylic acids is 1. The molecule has 1 atom stereocenters. The summed E-state index contributed by atoms with van der Waals surface area (Å²) >= 11 is 1.70. The van der Waals surface area contributed by atoms with Crippen LogP contribution in [0.5, 0.6) is 5.75 Å². The summed E-state index contributed by atoms with van der Waals surface area (Å²) in [6.07, 6.45) is 0.676. The fourth-order valence-electron chi connectivity index (χ4n) is 3.05. The van der Waals surface area contributed by atoms with Gasteiger partial charge < -0.3 is 20.8 Å². The van der Waals surface area contributed by atoms with E-state index in [2.05, 4.69) is 15.3 Å². The number of nitrogens with zero attached hydrogens (tertiary/aromatic N) is 1. The molecule has 2 heterocycles. The zero-order chi connectivity index (χ0) is 18.1. The number of H-pyrrole nitrogens is 1. The number of benzene rings is 2. The number of imidazole rings is 1. The van der Waals surface area contributed by atoms with E-state index < -0.39 is 5.54 Å². The molecule has 1 fully saturated rings. The van der Waals surface area contributed by atoms with Crippen LogP contribution >= 0.6 is 11.8 Å². The molecule has 7 heteroatoms. The first-order chi connectivity index (χ1) is 12.6. The van der Waals surface area contributed by atoms with Crippen molar-refractivity contribution in [3.8, 4) is 17.1 Å². The van der Waals surface area contributed by atoms with Crippen LogP contribution in [0.4, 0.5) is 5.69 Å². The SMILES string of the molecule is COc1ccc(-c2nc3ccccc3[nH]2)cc1NC(=O)C1(N)CCSC1. The molecule has 0 saturated carbocycles. The molecular weight excluding hydrogens is 348 g/mol. The summed E-state index contributed by atoms with van der Waals surface area (Å²) in [5.74, 6) is 2.68. The molecule has 3 aromatic rings. The van der Waals surface area contributed by atoms with E-state index in [-0.39, 0.29) is 5.91 Å². The first kappa shape index (κ1) is 16.9. The Kier molecular flexibility index (Phi) is 4.34. The predicted octanol–water partition coefficient (Wildman–Crippen LogP) is 3.01. The molecule has 0 spiro atoms. The molecule has 1 aliphatic rings. The normalized spacial score (nSPS) is 19.6. The Labute approximate surface area is 155 Å². The molecule has 1 aromatic heterocycles. The molecule has 26 heavy (non-hydrogen) atoms. The number of rotatable bonds is 4. The maximum Gasteiger partial charge on any atom is 0.245 e. The average Bonchev–Trinajstić information content (AvgIpc) is 3.28. The van der Waals surface area contributed by atoms with Gasteiger partial charge in [0.25, 0.3) is 0 Å². The van der Waals surface area contributed by atoms with Gasteiger partial charge in [0.05, 0.1) is 23.8 Å². The molecule has 1 aliphatic heterocycles. The summed E-state index contributed by atoms with van der Waals surface area (Å²) in [7, 11) is 1.58. The molecule has 0 radical (unpaired) electrons. The van der Waals surface area contributed by atoms with E-state index in [1.807, 2.05) is 42.5 Å². The molecule has 2 aromatic carbocycles. The minimum Gasteiger partial charge on any atom is -0.495 e. The van der Waals surface area contributed by atoms with Gasteiger partial charge >= 0.3 is 0 Å². The minimum atomic E-state index is -0.828. The van der Waals surface area contributed by atoms with Crippen molar-refractivity contribution in [2.24, 2.45) is 5.73 Å². The van der Waals surface area contributed by atoms with E-state index in [0.29, 0.717) is 23.6 Å². The van der Waals surface area contributed by atoms with E-state index in [0.717, 1.165) is 28.2 Å². The van der Waals surface area contributed by atoms with Gasteiger partial charge in [0.15, 0.2) is 0 Å². The fraction of sp³-hybridized carbons (Fsp3) is 0.263. The van der Waals surface area contributed by atoms with Gasteiger partial charge in [0.2, 0.25) is 5.91 Å². The molecular formula is C19H20N4O2S. The van der Waals surface area contributed by atoms with Gasteiger partial charge in [-0.2, -0.15) is 11.8 Å². The number of thioether (sulfide) groups is 1. The summed E-state index contributed by atoms with van der Waals surface area (Å²) in [6, 6.07) is 13.4. The topological polar surface area (TPSA) is 93.0 Å². The molecule has 6 nitrogen and oxygen atoms in total. The predicted molar refractivity (Wildman–Crippen MR) is 106 cm³/mol. The fourth-order valence-corrected chi connectivity index (χ4v) is 4.34. The van der Waals surface area contributed by atoms with Gasteiger partial charge in [-0.3, -0.25) is 4.79 Å². The molecule has 0 bridgehead atoms. The standard InChI is InChI=1S/C19H20N4O2S/c1-25-16-7-6-12(17-21-13-4-2-3-5-14(13)22-17)10-15(16)23-18(24)19(20)8-9-26-11-19/h2-7,10H,8-9,11,20H2,1H3,(H,21,22)(H,23,24). The quantitative estimate of drug-likeness (QED) is 0.658. The van der Waals surface area contributed by atoms with E-state index in [1.54, 1.807) is 18.9 Å². The Morgan fingerprint density at radius 3 is 2.92 bits per heavy atom. The maximum absolute atomic E-state index is 12.7. The second-order valence-corrected chi connectivity index (χ2v) is 7.54. The number of hydrogen-bond acceptors (Lipinski definition) is 5. The zero-order valence-electron chi connectivity index (χ0n) is 14.4. The second kappa shape index (κ2) is 6.66. The van der Waals surface area contributed by atoms with Crippen LogP contribution in [0.3, 0.4) is 0 Å². The molecule has 134 valence electrons. The van der Waals surface area contributed by atoms with Crippen molar-refractivity contribution < 1.29 is 9.53 Å². The molecule has 4 N–H and O–H groups in total. The number of nitrogens with two attached hydrogens (primary N) is 1. The van der Waals surface area contributed by atoms with Crippen molar-refractivity contribution in [3.63, 3.8) is 0 Å². The lowest BCUT2D eigenvalue weighted by molar-refractivity contribution is -0.120. The summed E-state index contributed by atoms with van der Waals surface area (Å²) in [5.41, 5.74) is 8.74. The van der Waals surface area contributed by atoms with Crippen LogP contribution in [0, 0.1) is 0 Å². The maximum atomic E-state index is 12.7. The number of nitrogens with one attached hydrogen (secondary N) is 2. The van der Waals surface area contributed by atoms with Crippen LogP contribution in [-0.2, 0) is 4.79 Å². The summed E-state index contributed by atoms with van der Waals surface area (Å²) in [4.78, 5) is 20.6. The monoisotopic (exact) mass is 368 g/mol. The molecule has 4 rings (SSSR count). The Morgan fingerprint density at radius 2 is 2.19 bits per heavy atom. The van der Waals surface area contributed by atoms with Crippen molar-refractivity contribution in [2.75, 3.05) is 23.9 Å². The van der Waals surface area contributed by atoms with Gasteiger partial charge in [0.1, 0.15) is 17.1 Å². The second-order valence-electron chi connectivity index (χ2n) is 6.43. The first-order valence-corrected chi connectivity index (χ1v) is 9.56. The van der Waals surface area contributed by atoms with Gasteiger partial charge in [-0.15, -0.1) is 0 Å². The number of aromatic amines is 1. The Balaban J connectivity index is 1.67. The third-order valence-electron chi connectivity index (χ3n) is 4.61. The van der Waals surface area contributed by atoms with Gasteiger partial charge in [-0.05, 0) is 42.5 Å². The highest BCUT2D eigenvalue weighted by Gasteiger charge is 2.38. The summed E-state index contributed by atoms with van der Waals surface area (Å²) < 4.78 is 5.40. The van der Waals surface area contributed by atoms with Crippen LogP contribution in [-0.4, -0.2) is 40.0 Å². The van der Waals surface area contributed by atoms with Crippen molar-refractivity contribution in [1.29, 1.82) is 0 Å². The van der Waals surface area contributed by atoms with Crippen molar-refractivity contribution in [1.82, 2.24) is 9.97 Å². The number of carbonyl (C=O) groups is 1. The Hall–Kier alpha value is -2.51. The van der Waals surface area contributed by atoms with E-state index in [1.165, 1.54) is 0 Å². The van der Waals surface area contributed by atoms with Crippen LogP contribution in [0.2, 0.25) is 0 Å². The highest BCUT2D eigenvalue weighted by molar-refractivity contribution is 7.99. The van der Waals surface area contributed by atoms with Crippen molar-refractivity contribution >= 4 is 34.4 Å². The Morgan fingerprint density at radius 1 is 1.35 bits per heavy atom. The lowest BCUT2D eigenvalue weighted by atomic mass is 9.99. The minimum absolute atomic E-state index is 0.178. The third kappa shape index (κ3) is 3.04. The first-order valence-electron chi connectivity index (χ1n) is 8.40. The summed E-state index contributed by atoms with van der Waals surface area (Å²) in [5, 5.41) is 2.94. The van der Waals surface area contributed by atoms with Crippen LogP contribution in [0.15, 0.2) is 42.5 Å². The van der Waals surface area contributed by atoms with E-state index >= 15 is 0 Å².